The molecule has 0 aliphatic carbocycles. The van der Waals surface area contributed by atoms with Crippen LogP contribution in [-0.4, -0.2) is 19.4 Å². The molecule has 3 heterocycles. The van der Waals surface area contributed by atoms with Gasteiger partial charge in [0.15, 0.2) is 5.82 Å². The van der Waals surface area contributed by atoms with E-state index >= 15 is 0 Å². The average Bonchev–Trinajstić information content (AvgIpc) is 2.94. The Labute approximate surface area is 101 Å². The minimum atomic E-state index is -2.64. The molecule has 3 aromatic rings. The molecule has 0 aromatic carbocycles. The van der Waals surface area contributed by atoms with Crippen molar-refractivity contribution in [1.29, 1.82) is 0 Å². The van der Waals surface area contributed by atoms with E-state index < -0.39 is 6.55 Å². The molecule has 92 valence electrons. The van der Waals surface area contributed by atoms with Gasteiger partial charge in [-0.2, -0.15) is 19.0 Å². The van der Waals surface area contributed by atoms with E-state index in [-0.39, 0.29) is 0 Å². The Balaban J connectivity index is 1.86. The first-order chi connectivity index (χ1) is 8.72. The molecule has 0 aliphatic rings. The molecular weight excluding hydrogens is 240 g/mol. The van der Waals surface area contributed by atoms with Crippen LogP contribution in [0.4, 0.5) is 20.3 Å². The Morgan fingerprint density at radius 1 is 1.28 bits per heavy atom. The lowest BCUT2D eigenvalue weighted by atomic mass is 10.4. The largest absolute Gasteiger partial charge is 0.336 e. The van der Waals surface area contributed by atoms with Crippen LogP contribution in [0.1, 0.15) is 6.55 Å². The second-order valence-corrected chi connectivity index (χ2v) is 3.71. The summed E-state index contributed by atoms with van der Waals surface area (Å²) < 4.78 is 27.0. The van der Waals surface area contributed by atoms with Gasteiger partial charge in [0.25, 0.3) is 0 Å². The van der Waals surface area contributed by atoms with E-state index in [4.69, 9.17) is 0 Å². The zero-order valence-electron chi connectivity index (χ0n) is 9.16. The number of pyridine rings is 1. The quantitative estimate of drug-likeness (QED) is 0.776. The summed E-state index contributed by atoms with van der Waals surface area (Å²) in [5.41, 5.74) is 1.39. The second kappa shape index (κ2) is 4.10. The summed E-state index contributed by atoms with van der Waals surface area (Å²) in [5.74, 6) is 0.579. The lowest BCUT2D eigenvalue weighted by molar-refractivity contribution is 0.0566. The molecule has 0 unspecified atom stereocenters. The Morgan fingerprint density at radius 3 is 2.89 bits per heavy atom. The van der Waals surface area contributed by atoms with Crippen molar-refractivity contribution in [3.63, 3.8) is 0 Å². The fraction of sp³-hybridized carbons (Fsp3) is 0.0909. The standard InChI is InChI=1S/C11H9F2N5/c12-11(13)18-7-8(6-14-18)15-10-5-9-3-1-2-4-17(9)16-10/h1-7,11H,(H,15,16). The van der Waals surface area contributed by atoms with Crippen molar-refractivity contribution in [2.75, 3.05) is 5.32 Å². The van der Waals surface area contributed by atoms with Gasteiger partial charge in [0, 0.05) is 12.3 Å². The normalized spacial score (nSPS) is 11.3. The number of hydrogen-bond acceptors (Lipinski definition) is 3. The SMILES string of the molecule is FC(F)n1cc(Nc2cc3ccccn3n2)cn1. The topological polar surface area (TPSA) is 47.2 Å². The van der Waals surface area contributed by atoms with Gasteiger partial charge in [-0.3, -0.25) is 0 Å². The predicted octanol–water partition coefficient (Wildman–Crippen LogP) is 2.67. The number of fused-ring (bicyclic) bond motifs is 1. The number of rotatable bonds is 3. The molecule has 18 heavy (non-hydrogen) atoms. The summed E-state index contributed by atoms with van der Waals surface area (Å²) in [5, 5.41) is 10.7. The maximum Gasteiger partial charge on any atom is 0.333 e. The van der Waals surface area contributed by atoms with Crippen LogP contribution in [0.2, 0.25) is 0 Å². The van der Waals surface area contributed by atoms with Crippen LogP contribution >= 0.6 is 0 Å². The van der Waals surface area contributed by atoms with Crippen LogP contribution in [-0.2, 0) is 0 Å². The predicted molar refractivity (Wildman–Crippen MR) is 62.0 cm³/mol. The van der Waals surface area contributed by atoms with E-state index in [0.717, 1.165) is 5.52 Å². The average molecular weight is 249 g/mol. The Kier molecular flexibility index (Phi) is 2.44. The third-order valence-corrected chi connectivity index (χ3v) is 2.44. The van der Waals surface area contributed by atoms with Crippen molar-refractivity contribution in [3.05, 3.63) is 42.9 Å². The van der Waals surface area contributed by atoms with E-state index in [9.17, 15) is 8.78 Å². The molecular formula is C11H9F2N5. The highest BCUT2D eigenvalue weighted by molar-refractivity contribution is 5.61. The minimum absolute atomic E-state index is 0.471. The van der Waals surface area contributed by atoms with Gasteiger partial charge >= 0.3 is 6.55 Å². The van der Waals surface area contributed by atoms with Crippen molar-refractivity contribution in [2.45, 2.75) is 6.55 Å². The van der Waals surface area contributed by atoms with E-state index in [2.05, 4.69) is 15.5 Å². The Bertz CT molecular complexity index is 640. The van der Waals surface area contributed by atoms with Gasteiger partial charge in [0.2, 0.25) is 0 Å². The highest BCUT2D eigenvalue weighted by Gasteiger charge is 2.08. The molecule has 0 aliphatic heterocycles. The zero-order valence-corrected chi connectivity index (χ0v) is 9.16. The van der Waals surface area contributed by atoms with Gasteiger partial charge in [-0.15, -0.1) is 0 Å². The molecule has 0 fully saturated rings. The van der Waals surface area contributed by atoms with Crippen molar-refractivity contribution >= 4 is 17.0 Å². The highest BCUT2D eigenvalue weighted by atomic mass is 19.3. The minimum Gasteiger partial charge on any atom is -0.336 e. The maximum absolute atomic E-state index is 12.3. The Morgan fingerprint density at radius 2 is 2.17 bits per heavy atom. The molecule has 7 heteroatoms. The summed E-state index contributed by atoms with van der Waals surface area (Å²) in [4.78, 5) is 0. The van der Waals surface area contributed by atoms with Gasteiger partial charge in [-0.1, -0.05) is 6.07 Å². The second-order valence-electron chi connectivity index (χ2n) is 3.71. The van der Waals surface area contributed by atoms with Crippen molar-refractivity contribution in [3.8, 4) is 0 Å². The van der Waals surface area contributed by atoms with Crippen molar-refractivity contribution in [1.82, 2.24) is 19.4 Å². The van der Waals surface area contributed by atoms with Gasteiger partial charge in [0.1, 0.15) is 0 Å². The number of aromatic nitrogens is 4. The van der Waals surface area contributed by atoms with Crippen LogP contribution in [0.3, 0.4) is 0 Å². The first-order valence-electron chi connectivity index (χ1n) is 5.26. The Hall–Kier alpha value is -2.44. The van der Waals surface area contributed by atoms with Gasteiger partial charge in [0.05, 0.1) is 23.6 Å². The first-order valence-corrected chi connectivity index (χ1v) is 5.26. The van der Waals surface area contributed by atoms with Crippen LogP contribution in [0.5, 0.6) is 0 Å². The number of hydrogen-bond donors (Lipinski definition) is 1. The summed E-state index contributed by atoms with van der Waals surface area (Å²) in [6.07, 6.45) is 4.37. The van der Waals surface area contributed by atoms with Crippen molar-refractivity contribution < 1.29 is 8.78 Å². The summed E-state index contributed by atoms with van der Waals surface area (Å²) >= 11 is 0. The molecule has 1 N–H and O–H groups in total. The molecule has 0 bridgehead atoms. The number of nitrogens with zero attached hydrogens (tertiary/aromatic N) is 4. The fourth-order valence-corrected chi connectivity index (χ4v) is 1.66. The lowest BCUT2D eigenvalue weighted by Crippen LogP contribution is -1.97. The van der Waals surface area contributed by atoms with Gasteiger partial charge < -0.3 is 5.32 Å². The molecule has 0 saturated heterocycles. The highest BCUT2D eigenvalue weighted by Crippen LogP contribution is 2.18. The number of halogens is 2. The third-order valence-electron chi connectivity index (χ3n) is 2.44. The molecule has 0 saturated carbocycles. The van der Waals surface area contributed by atoms with E-state index in [1.165, 1.54) is 12.4 Å². The van der Waals surface area contributed by atoms with Gasteiger partial charge in [-0.05, 0) is 12.1 Å². The molecule has 0 radical (unpaired) electrons. The third kappa shape index (κ3) is 1.90. The van der Waals surface area contributed by atoms with E-state index in [1.807, 2.05) is 30.5 Å². The van der Waals surface area contributed by atoms with Crippen LogP contribution in [0, 0.1) is 0 Å². The van der Waals surface area contributed by atoms with Crippen molar-refractivity contribution in [2.24, 2.45) is 0 Å². The maximum atomic E-state index is 12.3. The molecule has 0 atom stereocenters. The number of nitrogens with one attached hydrogen (secondary N) is 1. The molecule has 3 rings (SSSR count). The molecule has 5 nitrogen and oxygen atoms in total. The first kappa shape index (κ1) is 10.7. The molecule has 3 aromatic heterocycles. The van der Waals surface area contributed by atoms with Crippen LogP contribution in [0.25, 0.3) is 5.52 Å². The summed E-state index contributed by atoms with van der Waals surface area (Å²) in [6.45, 7) is -2.64. The molecule has 0 spiro atoms. The monoisotopic (exact) mass is 249 g/mol. The molecule has 0 amide bonds. The van der Waals surface area contributed by atoms with Gasteiger partial charge in [-0.25, -0.2) is 9.20 Å². The summed E-state index contributed by atoms with van der Waals surface area (Å²) in [7, 11) is 0. The number of alkyl halides is 2. The lowest BCUT2D eigenvalue weighted by Gasteiger charge is -1.97. The van der Waals surface area contributed by atoms with E-state index in [0.29, 0.717) is 16.2 Å². The van der Waals surface area contributed by atoms with Crippen LogP contribution < -0.4 is 5.32 Å². The zero-order chi connectivity index (χ0) is 12.5. The fourth-order valence-electron chi connectivity index (χ4n) is 1.66. The smallest absolute Gasteiger partial charge is 0.333 e. The summed E-state index contributed by atoms with van der Waals surface area (Å²) in [6, 6.07) is 7.48. The number of anilines is 2. The van der Waals surface area contributed by atoms with Crippen LogP contribution in [0.15, 0.2) is 42.9 Å². The van der Waals surface area contributed by atoms with E-state index in [1.54, 1.807) is 4.52 Å².